The minimum Gasteiger partial charge on any atom is -0.465 e. The van der Waals surface area contributed by atoms with Crippen molar-refractivity contribution in [1.82, 2.24) is 5.32 Å². The Bertz CT molecular complexity index is 157. The molecular weight excluding hydrogens is 130 g/mol. The van der Waals surface area contributed by atoms with Crippen LogP contribution in [0.1, 0.15) is 13.8 Å². The molecule has 3 nitrogen and oxygen atoms in total. The van der Waals surface area contributed by atoms with E-state index in [9.17, 15) is 4.79 Å². The first kappa shape index (κ1) is 8.83. The second-order valence-electron chi connectivity index (χ2n) is 2.34. The Balaban J connectivity index is 3.87. The van der Waals surface area contributed by atoms with Crippen LogP contribution in [0, 0.1) is 18.3 Å². The minimum atomic E-state index is -1.07. The summed E-state index contributed by atoms with van der Waals surface area (Å²) in [7, 11) is 0. The first-order chi connectivity index (χ1) is 4.57. The molecule has 56 valence electrons. The molecule has 0 saturated heterocycles. The van der Waals surface area contributed by atoms with Gasteiger partial charge in [0, 0.05) is 0 Å². The summed E-state index contributed by atoms with van der Waals surface area (Å²) in [6.45, 7) is 3.72. The fraction of sp³-hybridized carbons (Fsp3) is 0.571. The van der Waals surface area contributed by atoms with Crippen LogP contribution in [0.15, 0.2) is 0 Å². The standard InChI is InChI=1S/C7H11NO2/c1-4-6(5(2)3)8-7(9)10/h1,5-6,8H,2-3H3,(H,9,10)/t6-/m1/s1. The molecule has 0 aromatic rings. The number of carboxylic acid groups (broad SMARTS) is 1. The SMILES string of the molecule is C#C[C@@H](NC(=O)O)C(C)C. The molecule has 0 rings (SSSR count). The molecule has 10 heavy (non-hydrogen) atoms. The smallest absolute Gasteiger partial charge is 0.405 e. The van der Waals surface area contributed by atoms with Crippen LogP contribution in [0.2, 0.25) is 0 Å². The number of amides is 1. The van der Waals surface area contributed by atoms with Crippen LogP contribution < -0.4 is 5.32 Å². The zero-order valence-electron chi connectivity index (χ0n) is 6.09. The fourth-order valence-electron chi connectivity index (χ4n) is 0.534. The van der Waals surface area contributed by atoms with Crippen LogP contribution >= 0.6 is 0 Å². The fourth-order valence-corrected chi connectivity index (χ4v) is 0.534. The number of hydrogen-bond acceptors (Lipinski definition) is 1. The summed E-state index contributed by atoms with van der Waals surface area (Å²) in [5.74, 6) is 2.48. The van der Waals surface area contributed by atoms with Gasteiger partial charge >= 0.3 is 6.09 Å². The number of hydrogen-bond donors (Lipinski definition) is 2. The highest BCUT2D eigenvalue weighted by Gasteiger charge is 2.10. The van der Waals surface area contributed by atoms with Crippen LogP contribution in [0.3, 0.4) is 0 Å². The van der Waals surface area contributed by atoms with Crippen molar-refractivity contribution in [3.63, 3.8) is 0 Å². The molecule has 0 aliphatic rings. The van der Waals surface area contributed by atoms with Gasteiger partial charge in [0.1, 0.15) is 0 Å². The van der Waals surface area contributed by atoms with E-state index in [1.807, 2.05) is 13.8 Å². The normalized spacial score (nSPS) is 12.2. The predicted molar refractivity (Wildman–Crippen MR) is 38.6 cm³/mol. The number of nitrogens with one attached hydrogen (secondary N) is 1. The van der Waals surface area contributed by atoms with Crippen LogP contribution in [0.5, 0.6) is 0 Å². The van der Waals surface area contributed by atoms with Crippen molar-refractivity contribution in [2.75, 3.05) is 0 Å². The van der Waals surface area contributed by atoms with E-state index < -0.39 is 6.09 Å². The second kappa shape index (κ2) is 3.78. The highest BCUT2D eigenvalue weighted by Crippen LogP contribution is 1.98. The Morgan fingerprint density at radius 1 is 1.70 bits per heavy atom. The monoisotopic (exact) mass is 141 g/mol. The highest BCUT2D eigenvalue weighted by molar-refractivity contribution is 5.65. The Labute approximate surface area is 60.4 Å². The third-order valence-electron chi connectivity index (χ3n) is 1.13. The van der Waals surface area contributed by atoms with E-state index in [1.54, 1.807) is 0 Å². The molecule has 0 aliphatic carbocycles. The summed E-state index contributed by atoms with van der Waals surface area (Å²) < 4.78 is 0. The topological polar surface area (TPSA) is 49.3 Å². The van der Waals surface area contributed by atoms with E-state index in [2.05, 4.69) is 11.2 Å². The molecule has 0 spiro atoms. The molecule has 0 aromatic heterocycles. The van der Waals surface area contributed by atoms with Crippen molar-refractivity contribution in [3.05, 3.63) is 0 Å². The van der Waals surface area contributed by atoms with Gasteiger partial charge in [-0.2, -0.15) is 0 Å². The van der Waals surface area contributed by atoms with Gasteiger partial charge in [-0.25, -0.2) is 4.79 Å². The molecule has 0 aliphatic heterocycles. The number of terminal acetylenes is 1. The van der Waals surface area contributed by atoms with E-state index >= 15 is 0 Å². The quantitative estimate of drug-likeness (QED) is 0.561. The molecule has 0 aromatic carbocycles. The molecule has 0 fully saturated rings. The zero-order valence-corrected chi connectivity index (χ0v) is 6.09. The first-order valence-corrected chi connectivity index (χ1v) is 3.03. The number of carbonyl (C=O) groups is 1. The van der Waals surface area contributed by atoms with Crippen LogP contribution in [0.4, 0.5) is 4.79 Å². The average molecular weight is 141 g/mol. The van der Waals surface area contributed by atoms with Crippen molar-refractivity contribution >= 4 is 6.09 Å². The van der Waals surface area contributed by atoms with Gasteiger partial charge in [-0.1, -0.05) is 19.8 Å². The van der Waals surface area contributed by atoms with Gasteiger partial charge in [-0.3, -0.25) is 0 Å². The Morgan fingerprint density at radius 2 is 2.20 bits per heavy atom. The average Bonchev–Trinajstić information content (AvgIpc) is 1.81. The summed E-state index contributed by atoms with van der Waals surface area (Å²) in [6, 6.07) is -0.377. The van der Waals surface area contributed by atoms with Crippen molar-refractivity contribution in [2.45, 2.75) is 19.9 Å². The maximum atomic E-state index is 10.1. The zero-order chi connectivity index (χ0) is 8.15. The Morgan fingerprint density at radius 3 is 2.30 bits per heavy atom. The predicted octanol–water partition coefficient (Wildman–Crippen LogP) is 0.912. The van der Waals surface area contributed by atoms with Gasteiger partial charge in [0.05, 0.1) is 6.04 Å². The molecular formula is C7H11NO2. The van der Waals surface area contributed by atoms with Gasteiger partial charge in [-0.05, 0) is 5.92 Å². The van der Waals surface area contributed by atoms with Crippen molar-refractivity contribution in [2.24, 2.45) is 5.92 Å². The molecule has 3 heteroatoms. The number of rotatable bonds is 2. The van der Waals surface area contributed by atoms with E-state index in [-0.39, 0.29) is 12.0 Å². The maximum absolute atomic E-state index is 10.1. The van der Waals surface area contributed by atoms with Crippen molar-refractivity contribution < 1.29 is 9.90 Å². The molecule has 0 unspecified atom stereocenters. The Kier molecular flexibility index (Phi) is 3.34. The third kappa shape index (κ3) is 2.98. The van der Waals surface area contributed by atoms with Gasteiger partial charge < -0.3 is 10.4 Å². The van der Waals surface area contributed by atoms with Crippen LogP contribution in [0.25, 0.3) is 0 Å². The minimum absolute atomic E-state index is 0.140. The first-order valence-electron chi connectivity index (χ1n) is 3.03. The van der Waals surface area contributed by atoms with Crippen LogP contribution in [-0.2, 0) is 0 Å². The summed E-state index contributed by atoms with van der Waals surface area (Å²) in [5, 5.41) is 10.5. The second-order valence-corrected chi connectivity index (χ2v) is 2.34. The lowest BCUT2D eigenvalue weighted by Crippen LogP contribution is -2.36. The molecule has 0 heterocycles. The maximum Gasteiger partial charge on any atom is 0.405 e. The largest absolute Gasteiger partial charge is 0.465 e. The van der Waals surface area contributed by atoms with Crippen molar-refractivity contribution in [3.8, 4) is 12.3 Å². The van der Waals surface area contributed by atoms with E-state index in [4.69, 9.17) is 11.5 Å². The Hall–Kier alpha value is -1.17. The van der Waals surface area contributed by atoms with Gasteiger partial charge in [-0.15, -0.1) is 6.42 Å². The summed E-state index contributed by atoms with van der Waals surface area (Å²) in [6.07, 6.45) is 3.97. The van der Waals surface area contributed by atoms with Crippen LogP contribution in [-0.4, -0.2) is 17.2 Å². The molecule has 1 atom stereocenters. The molecule has 0 saturated carbocycles. The summed E-state index contributed by atoms with van der Waals surface area (Å²) in [4.78, 5) is 10.1. The van der Waals surface area contributed by atoms with E-state index in [0.717, 1.165) is 0 Å². The van der Waals surface area contributed by atoms with Crippen molar-refractivity contribution in [1.29, 1.82) is 0 Å². The summed E-state index contributed by atoms with van der Waals surface area (Å²) in [5.41, 5.74) is 0. The highest BCUT2D eigenvalue weighted by atomic mass is 16.4. The third-order valence-corrected chi connectivity index (χ3v) is 1.13. The lowest BCUT2D eigenvalue weighted by atomic mass is 10.1. The van der Waals surface area contributed by atoms with E-state index in [1.165, 1.54) is 0 Å². The van der Waals surface area contributed by atoms with Gasteiger partial charge in [0.2, 0.25) is 0 Å². The van der Waals surface area contributed by atoms with Gasteiger partial charge in [0.25, 0.3) is 0 Å². The van der Waals surface area contributed by atoms with Gasteiger partial charge in [0.15, 0.2) is 0 Å². The lowest BCUT2D eigenvalue weighted by molar-refractivity contribution is 0.190. The molecule has 0 radical (unpaired) electrons. The molecule has 1 amide bonds. The summed E-state index contributed by atoms with van der Waals surface area (Å²) >= 11 is 0. The van der Waals surface area contributed by atoms with E-state index in [0.29, 0.717) is 0 Å². The molecule has 0 bridgehead atoms. The molecule has 2 N–H and O–H groups in total. The lowest BCUT2D eigenvalue weighted by Gasteiger charge is -2.13.